The summed E-state index contributed by atoms with van der Waals surface area (Å²) in [6.07, 6.45) is 0.847. The summed E-state index contributed by atoms with van der Waals surface area (Å²) >= 11 is 0. The van der Waals surface area contributed by atoms with Crippen molar-refractivity contribution in [3.8, 4) is 0 Å². The number of hydrogen-bond acceptors (Lipinski definition) is 2. The third-order valence-electron chi connectivity index (χ3n) is 4.78. The van der Waals surface area contributed by atoms with Gasteiger partial charge in [0.1, 0.15) is 6.17 Å². The summed E-state index contributed by atoms with van der Waals surface area (Å²) in [6, 6.07) is 19.0. The third-order valence-corrected chi connectivity index (χ3v) is 6.90. The highest BCUT2D eigenvalue weighted by Crippen LogP contribution is 2.23. The number of rotatable bonds is 6. The zero-order chi connectivity index (χ0) is 17.9. The molecule has 1 N–H and O–H groups in total. The molecule has 1 aliphatic rings. The molecule has 1 radical (unpaired) electrons. The van der Waals surface area contributed by atoms with Gasteiger partial charge in [0.2, 0.25) is 0 Å². The fraction of sp³-hybridized carbons (Fsp3) is 0.429. The number of halogens is 1. The summed E-state index contributed by atoms with van der Waals surface area (Å²) in [5.41, 5.74) is 1.41. The van der Waals surface area contributed by atoms with E-state index in [4.69, 9.17) is 4.43 Å². The molecule has 2 aromatic carbocycles. The Morgan fingerprint density at radius 3 is 2.36 bits per heavy atom. The van der Waals surface area contributed by atoms with E-state index < -0.39 is 15.2 Å². The van der Waals surface area contributed by atoms with Gasteiger partial charge in [-0.15, -0.1) is 0 Å². The average Bonchev–Trinajstić information content (AvgIpc) is 2.60. The minimum atomic E-state index is -1.36. The highest BCUT2D eigenvalue weighted by Gasteiger charge is 2.30. The van der Waals surface area contributed by atoms with Crippen molar-refractivity contribution in [3.63, 3.8) is 0 Å². The molecule has 0 amide bonds. The van der Waals surface area contributed by atoms with Gasteiger partial charge in [-0.2, -0.15) is 0 Å². The van der Waals surface area contributed by atoms with Crippen LogP contribution >= 0.6 is 0 Å². The highest BCUT2D eigenvalue weighted by atomic mass is 28.3. The summed E-state index contributed by atoms with van der Waals surface area (Å²) in [5, 5.41) is 5.66. The van der Waals surface area contributed by atoms with Crippen molar-refractivity contribution in [2.75, 3.05) is 6.73 Å². The third kappa shape index (κ3) is 4.57. The Bertz CT molecular complexity index is 686. The molecule has 0 aromatic heterocycles. The second-order valence-corrected chi connectivity index (χ2v) is 9.82. The van der Waals surface area contributed by atoms with Crippen molar-refractivity contribution in [2.24, 2.45) is 0 Å². The Morgan fingerprint density at radius 1 is 1.04 bits per heavy atom. The molecule has 0 spiro atoms. The van der Waals surface area contributed by atoms with Gasteiger partial charge < -0.3 is 4.43 Å². The van der Waals surface area contributed by atoms with Gasteiger partial charge in [0.15, 0.2) is 0 Å². The van der Waals surface area contributed by atoms with Crippen molar-refractivity contribution in [1.29, 1.82) is 0 Å². The van der Waals surface area contributed by atoms with Crippen LogP contribution in [0.2, 0.25) is 0 Å². The molecule has 133 valence electrons. The summed E-state index contributed by atoms with van der Waals surface area (Å²) in [5.74, 6) is 0. The van der Waals surface area contributed by atoms with Gasteiger partial charge >= 0.3 is 0 Å². The molecule has 1 aliphatic carbocycles. The van der Waals surface area contributed by atoms with Crippen LogP contribution in [0.4, 0.5) is 4.39 Å². The fourth-order valence-corrected chi connectivity index (χ4v) is 4.88. The smallest absolute Gasteiger partial charge is 0.284 e. The first-order chi connectivity index (χ1) is 11.9. The molecular weight excluding hydrogens is 329 g/mol. The Morgan fingerprint density at radius 2 is 1.76 bits per heavy atom. The Kier molecular flexibility index (Phi) is 5.72. The van der Waals surface area contributed by atoms with E-state index in [1.165, 1.54) is 15.9 Å². The SMILES string of the molecule is CC(C)(C)c1cccc([Si](OCNC2CCC2F)c2ccccc2)c1. The van der Waals surface area contributed by atoms with E-state index in [1.54, 1.807) is 0 Å². The van der Waals surface area contributed by atoms with E-state index in [9.17, 15) is 4.39 Å². The second kappa shape index (κ2) is 7.81. The first-order valence-electron chi connectivity index (χ1n) is 8.99. The van der Waals surface area contributed by atoms with Gasteiger partial charge in [-0.3, -0.25) is 5.32 Å². The average molecular weight is 357 g/mol. The van der Waals surface area contributed by atoms with Crippen molar-refractivity contribution < 1.29 is 8.82 Å². The van der Waals surface area contributed by atoms with E-state index in [1.807, 2.05) is 18.2 Å². The summed E-state index contributed by atoms with van der Waals surface area (Å²) in [7, 11) is -1.36. The van der Waals surface area contributed by atoms with Gasteiger partial charge in [0.05, 0.1) is 6.73 Å². The Labute approximate surface area is 152 Å². The van der Waals surface area contributed by atoms with E-state index in [0.717, 1.165) is 6.42 Å². The van der Waals surface area contributed by atoms with Crippen LogP contribution in [0.5, 0.6) is 0 Å². The molecule has 2 nitrogen and oxygen atoms in total. The van der Waals surface area contributed by atoms with Crippen LogP contribution < -0.4 is 15.7 Å². The number of nitrogens with one attached hydrogen (secondary N) is 1. The zero-order valence-electron chi connectivity index (χ0n) is 15.3. The van der Waals surface area contributed by atoms with Crippen LogP contribution in [0.25, 0.3) is 0 Å². The molecule has 0 aliphatic heterocycles. The zero-order valence-corrected chi connectivity index (χ0v) is 16.3. The molecule has 0 bridgehead atoms. The largest absolute Gasteiger partial charge is 0.394 e. The lowest BCUT2D eigenvalue weighted by Gasteiger charge is -2.31. The van der Waals surface area contributed by atoms with E-state index >= 15 is 0 Å². The number of benzene rings is 2. The molecule has 0 heterocycles. The van der Waals surface area contributed by atoms with Crippen LogP contribution in [0.15, 0.2) is 54.6 Å². The molecule has 3 rings (SSSR count). The Balaban J connectivity index is 1.79. The van der Waals surface area contributed by atoms with Crippen LogP contribution in [-0.2, 0) is 9.84 Å². The topological polar surface area (TPSA) is 21.3 Å². The maximum Gasteiger partial charge on any atom is 0.284 e. The molecule has 1 saturated carbocycles. The molecular formula is C21H27FNOSi. The van der Waals surface area contributed by atoms with Crippen LogP contribution in [0, 0.1) is 0 Å². The Hall–Kier alpha value is -1.49. The second-order valence-electron chi connectivity index (χ2n) is 7.72. The minimum absolute atomic E-state index is 0.0417. The maximum absolute atomic E-state index is 13.4. The quantitative estimate of drug-likeness (QED) is 0.634. The highest BCUT2D eigenvalue weighted by molar-refractivity contribution is 6.80. The summed E-state index contributed by atoms with van der Waals surface area (Å²) in [4.78, 5) is 0. The van der Waals surface area contributed by atoms with Crippen molar-refractivity contribution in [3.05, 3.63) is 60.2 Å². The molecule has 2 atom stereocenters. The van der Waals surface area contributed by atoms with Crippen molar-refractivity contribution in [1.82, 2.24) is 5.32 Å². The molecule has 2 aromatic rings. The fourth-order valence-electron chi connectivity index (χ4n) is 2.96. The summed E-state index contributed by atoms with van der Waals surface area (Å²) < 4.78 is 19.7. The van der Waals surface area contributed by atoms with Gasteiger partial charge in [-0.1, -0.05) is 75.4 Å². The normalized spacial score (nSPS) is 20.5. The molecule has 2 unspecified atom stereocenters. The minimum Gasteiger partial charge on any atom is -0.394 e. The van der Waals surface area contributed by atoms with E-state index in [2.05, 4.69) is 62.5 Å². The molecule has 1 fully saturated rings. The monoisotopic (exact) mass is 356 g/mol. The molecule has 25 heavy (non-hydrogen) atoms. The number of hydrogen-bond donors (Lipinski definition) is 1. The van der Waals surface area contributed by atoms with Gasteiger partial charge in [-0.05, 0) is 34.2 Å². The first-order valence-corrected chi connectivity index (χ1v) is 10.4. The summed E-state index contributed by atoms with van der Waals surface area (Å²) in [6.45, 7) is 7.07. The first kappa shape index (κ1) is 18.3. The van der Waals surface area contributed by atoms with Gasteiger partial charge in [-0.25, -0.2) is 4.39 Å². The predicted octanol–water partition coefficient (Wildman–Crippen LogP) is 3.15. The lowest BCUT2D eigenvalue weighted by atomic mass is 9.87. The predicted molar refractivity (Wildman–Crippen MR) is 104 cm³/mol. The molecule has 4 heteroatoms. The standard InChI is InChI=1S/C21H27FNOSi/c1-21(2,3)16-8-7-11-18(14-16)25(17-9-5-4-6-10-17)24-15-23-20-13-12-19(20)22/h4-11,14,19-20,23H,12-13,15H2,1-3H3. The van der Waals surface area contributed by atoms with Crippen LogP contribution in [-0.4, -0.2) is 28.0 Å². The number of alkyl halides is 1. The van der Waals surface area contributed by atoms with Crippen LogP contribution in [0.1, 0.15) is 39.2 Å². The van der Waals surface area contributed by atoms with Crippen molar-refractivity contribution >= 4 is 19.4 Å². The lowest BCUT2D eigenvalue weighted by molar-refractivity contribution is 0.118. The lowest BCUT2D eigenvalue weighted by Crippen LogP contribution is -2.51. The maximum atomic E-state index is 13.4. The van der Waals surface area contributed by atoms with E-state index in [0.29, 0.717) is 13.2 Å². The van der Waals surface area contributed by atoms with Crippen molar-refractivity contribution in [2.45, 2.75) is 51.2 Å². The molecule has 0 saturated heterocycles. The van der Waals surface area contributed by atoms with Gasteiger partial charge in [0, 0.05) is 6.04 Å². The van der Waals surface area contributed by atoms with Crippen LogP contribution in [0.3, 0.4) is 0 Å². The van der Waals surface area contributed by atoms with Gasteiger partial charge in [0.25, 0.3) is 9.04 Å². The van der Waals surface area contributed by atoms with E-state index in [-0.39, 0.29) is 11.5 Å².